The second-order valence-corrected chi connectivity index (χ2v) is 5.09. The molecule has 108 valence electrons. The van der Waals surface area contributed by atoms with E-state index in [0.717, 1.165) is 18.6 Å². The number of hydrogen-bond donors (Lipinski definition) is 2. The number of carbonyl (C=O) groups is 1. The molecule has 0 aliphatic carbocycles. The zero-order valence-corrected chi connectivity index (χ0v) is 12.2. The molecule has 0 aliphatic heterocycles. The lowest BCUT2D eigenvalue weighted by Gasteiger charge is -2.07. The first-order valence-electron chi connectivity index (χ1n) is 6.35. The number of amides is 1. The molecule has 5 heteroatoms. The van der Waals surface area contributed by atoms with Gasteiger partial charge in [-0.2, -0.15) is 11.8 Å². The van der Waals surface area contributed by atoms with Crippen LogP contribution in [0.25, 0.3) is 0 Å². The number of unbranched alkanes of at least 4 members (excludes halogenated alkanes) is 1. The first kappa shape index (κ1) is 16.5. The molecule has 0 saturated carbocycles. The van der Waals surface area contributed by atoms with Gasteiger partial charge in [0.05, 0.1) is 5.56 Å². The molecule has 0 unspecified atom stereocenters. The number of aliphatic hydroxyl groups excluding tert-OH is 1. The van der Waals surface area contributed by atoms with Crippen molar-refractivity contribution in [3.05, 3.63) is 35.1 Å². The molecule has 1 aromatic rings. The van der Waals surface area contributed by atoms with Gasteiger partial charge < -0.3 is 10.4 Å². The topological polar surface area (TPSA) is 49.3 Å². The summed E-state index contributed by atoms with van der Waals surface area (Å²) in [7, 11) is 0. The maximum Gasteiger partial charge on any atom is 0.252 e. The van der Waals surface area contributed by atoms with Gasteiger partial charge in [0.15, 0.2) is 0 Å². The van der Waals surface area contributed by atoms with Crippen LogP contribution in [0.4, 0.5) is 4.39 Å². The van der Waals surface area contributed by atoms with Crippen LogP contribution < -0.4 is 5.32 Å². The number of halogens is 1. The average Bonchev–Trinajstić information content (AvgIpc) is 2.45. The molecule has 0 fully saturated rings. The monoisotopic (exact) mass is 295 g/mol. The van der Waals surface area contributed by atoms with Crippen molar-refractivity contribution in [2.45, 2.75) is 12.8 Å². The molecule has 20 heavy (non-hydrogen) atoms. The Morgan fingerprint density at radius 2 is 2.25 bits per heavy atom. The minimum atomic E-state index is -0.480. The molecule has 0 spiro atoms. The molecule has 0 heterocycles. The molecule has 1 amide bonds. The Morgan fingerprint density at radius 1 is 1.45 bits per heavy atom. The molecule has 0 atom stereocenters. The lowest BCUT2D eigenvalue weighted by atomic mass is 10.1. The van der Waals surface area contributed by atoms with Gasteiger partial charge in [0.1, 0.15) is 12.4 Å². The van der Waals surface area contributed by atoms with E-state index in [-0.39, 0.29) is 18.1 Å². The van der Waals surface area contributed by atoms with Crippen molar-refractivity contribution >= 4 is 17.7 Å². The van der Waals surface area contributed by atoms with Gasteiger partial charge in [-0.05, 0) is 43.0 Å². The quantitative estimate of drug-likeness (QED) is 0.624. The molecule has 1 aromatic carbocycles. The molecule has 0 bridgehead atoms. The summed E-state index contributed by atoms with van der Waals surface area (Å²) in [5, 5.41) is 11.4. The summed E-state index contributed by atoms with van der Waals surface area (Å²) < 4.78 is 13.2. The van der Waals surface area contributed by atoms with E-state index in [9.17, 15) is 9.18 Å². The normalized spacial score (nSPS) is 9.75. The molecule has 0 aliphatic rings. The predicted octanol–water partition coefficient (Wildman–Crippen LogP) is 2.04. The molecule has 3 nitrogen and oxygen atoms in total. The lowest BCUT2D eigenvalue weighted by molar-refractivity contribution is 0.0952. The number of rotatable bonds is 6. The highest BCUT2D eigenvalue weighted by Gasteiger charge is 2.10. The van der Waals surface area contributed by atoms with Crippen molar-refractivity contribution < 1.29 is 14.3 Å². The van der Waals surface area contributed by atoms with Crippen molar-refractivity contribution in [2.75, 3.05) is 25.2 Å². The van der Waals surface area contributed by atoms with Crippen LogP contribution in [0.3, 0.4) is 0 Å². The summed E-state index contributed by atoms with van der Waals surface area (Å²) in [6.45, 7) is 0.260. The molecule has 0 aromatic heterocycles. The zero-order chi connectivity index (χ0) is 14.8. The minimum Gasteiger partial charge on any atom is -0.384 e. The van der Waals surface area contributed by atoms with E-state index >= 15 is 0 Å². The van der Waals surface area contributed by atoms with Crippen molar-refractivity contribution in [1.29, 1.82) is 0 Å². The first-order chi connectivity index (χ1) is 9.69. The largest absolute Gasteiger partial charge is 0.384 e. The predicted molar refractivity (Wildman–Crippen MR) is 80.3 cm³/mol. The average molecular weight is 295 g/mol. The van der Waals surface area contributed by atoms with Crippen LogP contribution in [0.1, 0.15) is 28.8 Å². The van der Waals surface area contributed by atoms with Gasteiger partial charge in [-0.25, -0.2) is 4.39 Å². The Kier molecular flexibility index (Phi) is 7.78. The summed E-state index contributed by atoms with van der Waals surface area (Å²) in [5.74, 6) is 5.36. The highest BCUT2D eigenvalue weighted by Crippen LogP contribution is 2.10. The van der Waals surface area contributed by atoms with Crippen LogP contribution in [0.5, 0.6) is 0 Å². The van der Waals surface area contributed by atoms with Gasteiger partial charge in [0.25, 0.3) is 5.91 Å². The van der Waals surface area contributed by atoms with E-state index < -0.39 is 5.82 Å². The number of aliphatic hydroxyl groups is 1. The number of nitrogens with one attached hydrogen (secondary N) is 1. The second-order valence-electron chi connectivity index (χ2n) is 4.11. The van der Waals surface area contributed by atoms with E-state index in [0.29, 0.717) is 12.1 Å². The fourth-order valence-electron chi connectivity index (χ4n) is 1.62. The van der Waals surface area contributed by atoms with Gasteiger partial charge in [-0.15, -0.1) is 0 Å². The standard InChI is InChI=1S/C15H18FNO2S/c1-20-10-3-2-8-17-15(19)14-11-13(16)7-6-12(14)5-4-9-18/h6-7,11,18H,2-3,8-10H2,1H3,(H,17,19). The maximum atomic E-state index is 13.2. The Bertz CT molecular complexity index is 508. The van der Waals surface area contributed by atoms with Gasteiger partial charge >= 0.3 is 0 Å². The zero-order valence-electron chi connectivity index (χ0n) is 11.4. The van der Waals surface area contributed by atoms with E-state index in [2.05, 4.69) is 17.2 Å². The van der Waals surface area contributed by atoms with Crippen LogP contribution in [0.15, 0.2) is 18.2 Å². The highest BCUT2D eigenvalue weighted by molar-refractivity contribution is 7.98. The van der Waals surface area contributed by atoms with Crippen LogP contribution in [0, 0.1) is 17.7 Å². The SMILES string of the molecule is CSCCCCNC(=O)c1cc(F)ccc1C#CCO. The molecule has 0 saturated heterocycles. The van der Waals surface area contributed by atoms with E-state index in [4.69, 9.17) is 5.11 Å². The molecule has 0 radical (unpaired) electrons. The summed E-state index contributed by atoms with van der Waals surface area (Å²) in [5.41, 5.74) is 0.623. The lowest BCUT2D eigenvalue weighted by Crippen LogP contribution is -2.25. The molecule has 2 N–H and O–H groups in total. The van der Waals surface area contributed by atoms with Crippen molar-refractivity contribution in [3.8, 4) is 11.8 Å². The Morgan fingerprint density at radius 3 is 2.95 bits per heavy atom. The van der Waals surface area contributed by atoms with Gasteiger partial charge in [0.2, 0.25) is 0 Å². The summed E-state index contributed by atoms with van der Waals surface area (Å²) in [6.07, 6.45) is 3.96. The number of thioether (sulfide) groups is 1. The summed E-state index contributed by atoms with van der Waals surface area (Å²) in [6, 6.07) is 3.86. The molecular formula is C15H18FNO2S. The maximum absolute atomic E-state index is 13.2. The fourth-order valence-corrected chi connectivity index (χ4v) is 2.11. The first-order valence-corrected chi connectivity index (χ1v) is 7.75. The van der Waals surface area contributed by atoms with Gasteiger partial charge in [-0.3, -0.25) is 4.79 Å². The van der Waals surface area contributed by atoms with Crippen molar-refractivity contribution in [1.82, 2.24) is 5.32 Å². The molecule has 1 rings (SSSR count). The van der Waals surface area contributed by atoms with Gasteiger partial charge in [0, 0.05) is 12.1 Å². The third kappa shape index (κ3) is 5.64. The molecular weight excluding hydrogens is 277 g/mol. The highest BCUT2D eigenvalue weighted by atomic mass is 32.2. The van der Waals surface area contributed by atoms with Gasteiger partial charge in [-0.1, -0.05) is 11.8 Å². The van der Waals surface area contributed by atoms with E-state index in [1.165, 1.54) is 18.2 Å². The fraction of sp³-hybridized carbons (Fsp3) is 0.400. The van der Waals surface area contributed by atoms with E-state index in [1.807, 2.05) is 6.26 Å². The number of hydrogen-bond acceptors (Lipinski definition) is 3. The van der Waals surface area contributed by atoms with Crippen LogP contribution >= 0.6 is 11.8 Å². The Balaban J connectivity index is 2.68. The van der Waals surface area contributed by atoms with E-state index in [1.54, 1.807) is 11.8 Å². The second kappa shape index (κ2) is 9.40. The minimum absolute atomic E-state index is 0.204. The Hall–Kier alpha value is -1.51. The van der Waals surface area contributed by atoms with Crippen LogP contribution in [-0.2, 0) is 0 Å². The van der Waals surface area contributed by atoms with Crippen LogP contribution in [0.2, 0.25) is 0 Å². The third-order valence-corrected chi connectivity index (χ3v) is 3.29. The number of benzene rings is 1. The van der Waals surface area contributed by atoms with Crippen molar-refractivity contribution in [2.24, 2.45) is 0 Å². The van der Waals surface area contributed by atoms with Crippen molar-refractivity contribution in [3.63, 3.8) is 0 Å². The number of carbonyl (C=O) groups excluding carboxylic acids is 1. The summed E-state index contributed by atoms with van der Waals surface area (Å²) in [4.78, 5) is 12.0. The van der Waals surface area contributed by atoms with Crippen LogP contribution in [-0.4, -0.2) is 36.2 Å². The Labute approximate surface area is 123 Å². The third-order valence-electron chi connectivity index (χ3n) is 2.59. The summed E-state index contributed by atoms with van der Waals surface area (Å²) >= 11 is 1.77. The smallest absolute Gasteiger partial charge is 0.252 e.